The first-order valence-corrected chi connectivity index (χ1v) is 8.04. The Morgan fingerprint density at radius 2 is 2.30 bits per heavy atom. The highest BCUT2D eigenvalue weighted by Gasteiger charge is 2.20. The Morgan fingerprint density at radius 3 is 3.04 bits per heavy atom. The highest BCUT2D eigenvalue weighted by atomic mass is 32.1. The van der Waals surface area contributed by atoms with Crippen LogP contribution in [-0.2, 0) is 11.3 Å². The van der Waals surface area contributed by atoms with Crippen molar-refractivity contribution in [2.45, 2.75) is 6.54 Å². The van der Waals surface area contributed by atoms with Gasteiger partial charge in [-0.25, -0.2) is 0 Å². The van der Waals surface area contributed by atoms with Crippen LogP contribution in [0.3, 0.4) is 0 Å². The number of ether oxygens (including phenoxy) is 1. The maximum absolute atomic E-state index is 12.8. The van der Waals surface area contributed by atoms with Crippen LogP contribution in [0.4, 0.5) is 5.69 Å². The average molecular weight is 328 g/mol. The predicted octanol–water partition coefficient (Wildman–Crippen LogP) is 2.91. The standard InChI is InChI=1S/C17H16N2O3S/c1-2-7-19(10-13-4-3-8-23-13)17(21)12-5-6-15-14(9-12)18-16(20)11-22-15/h2-6,8-9H,1,7,10-11H2,(H,18,20). The number of anilines is 1. The van der Waals surface area contributed by atoms with E-state index in [9.17, 15) is 9.59 Å². The van der Waals surface area contributed by atoms with Crippen LogP contribution < -0.4 is 10.1 Å². The molecule has 0 radical (unpaired) electrons. The van der Waals surface area contributed by atoms with E-state index in [1.807, 2.05) is 17.5 Å². The number of nitrogens with zero attached hydrogens (tertiary/aromatic N) is 1. The molecule has 0 fully saturated rings. The molecular weight excluding hydrogens is 312 g/mol. The zero-order chi connectivity index (χ0) is 16.2. The highest BCUT2D eigenvalue weighted by Crippen LogP contribution is 2.29. The second-order valence-corrected chi connectivity index (χ2v) is 6.13. The van der Waals surface area contributed by atoms with Crippen molar-refractivity contribution in [1.82, 2.24) is 4.90 Å². The molecule has 0 unspecified atom stereocenters. The monoisotopic (exact) mass is 328 g/mol. The van der Waals surface area contributed by atoms with E-state index in [1.165, 1.54) is 0 Å². The van der Waals surface area contributed by atoms with E-state index in [1.54, 1.807) is 40.5 Å². The Balaban J connectivity index is 1.83. The normalized spacial score (nSPS) is 12.8. The summed E-state index contributed by atoms with van der Waals surface area (Å²) in [6, 6.07) is 9.03. The molecular formula is C17H16N2O3S. The van der Waals surface area contributed by atoms with Crippen LogP contribution in [0, 0.1) is 0 Å². The number of rotatable bonds is 5. The van der Waals surface area contributed by atoms with Crippen LogP contribution in [0.5, 0.6) is 5.75 Å². The smallest absolute Gasteiger partial charge is 0.262 e. The van der Waals surface area contributed by atoms with Crippen molar-refractivity contribution in [1.29, 1.82) is 0 Å². The molecule has 1 aliphatic rings. The van der Waals surface area contributed by atoms with Gasteiger partial charge in [0.1, 0.15) is 5.75 Å². The maximum atomic E-state index is 12.8. The number of fused-ring (bicyclic) bond motifs is 1. The van der Waals surface area contributed by atoms with Crippen LogP contribution in [0.15, 0.2) is 48.4 Å². The van der Waals surface area contributed by atoms with Gasteiger partial charge in [0, 0.05) is 17.0 Å². The molecule has 0 saturated heterocycles. The van der Waals surface area contributed by atoms with Crippen LogP contribution in [0.1, 0.15) is 15.2 Å². The lowest BCUT2D eigenvalue weighted by Gasteiger charge is -2.22. The van der Waals surface area contributed by atoms with Gasteiger partial charge in [-0.1, -0.05) is 12.1 Å². The zero-order valence-corrected chi connectivity index (χ0v) is 13.3. The lowest BCUT2D eigenvalue weighted by atomic mass is 10.1. The first kappa shape index (κ1) is 15.3. The Morgan fingerprint density at radius 1 is 1.43 bits per heavy atom. The lowest BCUT2D eigenvalue weighted by Crippen LogP contribution is -2.31. The molecule has 23 heavy (non-hydrogen) atoms. The molecule has 0 atom stereocenters. The summed E-state index contributed by atoms with van der Waals surface area (Å²) in [5, 5.41) is 4.70. The van der Waals surface area contributed by atoms with Crippen molar-refractivity contribution in [3.8, 4) is 5.75 Å². The summed E-state index contributed by atoms with van der Waals surface area (Å²) in [6.45, 7) is 4.71. The van der Waals surface area contributed by atoms with Gasteiger partial charge in [0.25, 0.3) is 11.8 Å². The van der Waals surface area contributed by atoms with E-state index < -0.39 is 0 Å². The number of thiophene rings is 1. The SMILES string of the molecule is C=CCN(Cc1cccs1)C(=O)c1ccc2c(c1)NC(=O)CO2. The first-order valence-electron chi connectivity index (χ1n) is 7.16. The van der Waals surface area contributed by atoms with Gasteiger partial charge in [0.05, 0.1) is 12.2 Å². The zero-order valence-electron chi connectivity index (χ0n) is 12.5. The fourth-order valence-corrected chi connectivity index (χ4v) is 3.08. The third kappa shape index (κ3) is 3.43. The van der Waals surface area contributed by atoms with E-state index in [2.05, 4.69) is 11.9 Å². The largest absolute Gasteiger partial charge is 0.482 e. The molecule has 0 bridgehead atoms. The number of hydrogen-bond donors (Lipinski definition) is 1. The third-order valence-corrected chi connectivity index (χ3v) is 4.28. The molecule has 1 aromatic heterocycles. The highest BCUT2D eigenvalue weighted by molar-refractivity contribution is 7.09. The Bertz CT molecular complexity index is 740. The van der Waals surface area contributed by atoms with E-state index >= 15 is 0 Å². The van der Waals surface area contributed by atoms with E-state index in [-0.39, 0.29) is 18.4 Å². The van der Waals surface area contributed by atoms with Crippen LogP contribution in [-0.4, -0.2) is 29.9 Å². The summed E-state index contributed by atoms with van der Waals surface area (Å²) in [7, 11) is 0. The van der Waals surface area contributed by atoms with Gasteiger partial charge in [-0.3, -0.25) is 9.59 Å². The first-order chi connectivity index (χ1) is 11.2. The fraction of sp³-hybridized carbons (Fsp3) is 0.176. The van der Waals surface area contributed by atoms with Crippen LogP contribution in [0.2, 0.25) is 0 Å². The van der Waals surface area contributed by atoms with Gasteiger partial charge >= 0.3 is 0 Å². The second-order valence-electron chi connectivity index (χ2n) is 5.10. The van der Waals surface area contributed by atoms with E-state index in [4.69, 9.17) is 4.74 Å². The lowest BCUT2D eigenvalue weighted by molar-refractivity contribution is -0.118. The minimum Gasteiger partial charge on any atom is -0.482 e. The summed E-state index contributed by atoms with van der Waals surface area (Å²) < 4.78 is 5.31. The second kappa shape index (κ2) is 6.66. The van der Waals surface area contributed by atoms with E-state index in [0.717, 1.165) is 4.88 Å². The van der Waals surface area contributed by atoms with Gasteiger partial charge in [-0.05, 0) is 29.6 Å². The summed E-state index contributed by atoms with van der Waals surface area (Å²) in [6.07, 6.45) is 1.70. The number of carbonyl (C=O) groups excluding carboxylic acids is 2. The summed E-state index contributed by atoms with van der Waals surface area (Å²) in [4.78, 5) is 27.0. The molecule has 0 saturated carbocycles. The van der Waals surface area contributed by atoms with E-state index in [0.29, 0.717) is 30.1 Å². The number of carbonyl (C=O) groups is 2. The van der Waals surface area contributed by atoms with Crippen molar-refractivity contribution >= 4 is 28.8 Å². The van der Waals surface area contributed by atoms with Crippen molar-refractivity contribution in [2.75, 3.05) is 18.5 Å². The molecule has 0 spiro atoms. The van der Waals surface area contributed by atoms with Crippen molar-refractivity contribution in [3.05, 3.63) is 58.8 Å². The molecule has 0 aliphatic carbocycles. The topological polar surface area (TPSA) is 58.6 Å². The molecule has 2 amide bonds. The maximum Gasteiger partial charge on any atom is 0.262 e. The molecule has 1 N–H and O–H groups in total. The fourth-order valence-electron chi connectivity index (χ4n) is 2.36. The van der Waals surface area contributed by atoms with Gasteiger partial charge in [0.2, 0.25) is 0 Å². The quantitative estimate of drug-likeness (QED) is 0.859. The average Bonchev–Trinajstić information content (AvgIpc) is 3.06. The van der Waals surface area contributed by atoms with Crippen molar-refractivity contribution < 1.29 is 14.3 Å². The Kier molecular flexibility index (Phi) is 4.43. The molecule has 6 heteroatoms. The number of amides is 2. The summed E-state index contributed by atoms with van der Waals surface area (Å²) >= 11 is 1.61. The Hall–Kier alpha value is -2.60. The number of hydrogen-bond acceptors (Lipinski definition) is 4. The van der Waals surface area contributed by atoms with Gasteiger partial charge in [-0.15, -0.1) is 17.9 Å². The minimum atomic E-state index is -0.219. The number of nitrogens with one attached hydrogen (secondary N) is 1. The van der Waals surface area contributed by atoms with Gasteiger partial charge in [-0.2, -0.15) is 0 Å². The summed E-state index contributed by atoms with van der Waals surface area (Å²) in [5.41, 5.74) is 1.04. The van der Waals surface area contributed by atoms with Gasteiger partial charge < -0.3 is 15.0 Å². The minimum absolute atomic E-state index is 0.00125. The van der Waals surface area contributed by atoms with Crippen LogP contribution in [0.25, 0.3) is 0 Å². The summed E-state index contributed by atoms with van der Waals surface area (Å²) in [5.74, 6) is 0.249. The van der Waals surface area contributed by atoms with Crippen molar-refractivity contribution in [3.63, 3.8) is 0 Å². The molecule has 2 aromatic rings. The molecule has 3 rings (SSSR count). The van der Waals surface area contributed by atoms with Gasteiger partial charge in [0.15, 0.2) is 6.61 Å². The molecule has 1 aliphatic heterocycles. The van der Waals surface area contributed by atoms with Crippen molar-refractivity contribution in [2.24, 2.45) is 0 Å². The van der Waals surface area contributed by atoms with Crippen LogP contribution >= 0.6 is 11.3 Å². The predicted molar refractivity (Wildman–Crippen MR) is 89.8 cm³/mol. The molecule has 2 heterocycles. The molecule has 5 nitrogen and oxygen atoms in total. The third-order valence-electron chi connectivity index (χ3n) is 3.42. The Labute approximate surface area is 138 Å². The number of benzene rings is 1. The molecule has 1 aromatic carbocycles. The molecule has 118 valence electrons.